The zero-order chi connectivity index (χ0) is 15.9. The van der Waals surface area contributed by atoms with Crippen LogP contribution in [0.5, 0.6) is 0 Å². The van der Waals surface area contributed by atoms with Crippen LogP contribution in [0.1, 0.15) is 45.4 Å². The molecular formula is C19H26N4. The fraction of sp³-hybridized carbons (Fsp3) is 0.474. The van der Waals surface area contributed by atoms with Crippen LogP contribution in [0, 0.1) is 0 Å². The van der Waals surface area contributed by atoms with Crippen LogP contribution in [0.4, 0.5) is 17.5 Å². The highest BCUT2D eigenvalue weighted by Gasteiger charge is 2.14. The summed E-state index contributed by atoms with van der Waals surface area (Å²) in [6, 6.07) is 12.9. The van der Waals surface area contributed by atoms with Crippen molar-refractivity contribution in [3.8, 4) is 0 Å². The fourth-order valence-corrected chi connectivity index (χ4v) is 3.26. The number of nitrogens with zero attached hydrogens (tertiary/aromatic N) is 3. The standard InChI is InChI=1S/C19H26N4/c1-2-23(17-12-8-5-9-13-17)18-14-15-20-19(22-18)21-16-10-6-3-4-7-11-16/h5,8-9,12-16H,2-4,6-7,10-11H2,1H3,(H,20,21,22). The summed E-state index contributed by atoms with van der Waals surface area (Å²) in [4.78, 5) is 11.4. The largest absolute Gasteiger partial charge is 0.351 e. The van der Waals surface area contributed by atoms with E-state index in [2.05, 4.69) is 46.4 Å². The van der Waals surface area contributed by atoms with Crippen molar-refractivity contribution in [2.24, 2.45) is 0 Å². The summed E-state index contributed by atoms with van der Waals surface area (Å²) in [5.41, 5.74) is 1.16. The molecule has 0 radical (unpaired) electrons. The van der Waals surface area contributed by atoms with Crippen molar-refractivity contribution in [1.29, 1.82) is 0 Å². The van der Waals surface area contributed by atoms with Gasteiger partial charge in [0.05, 0.1) is 0 Å². The highest BCUT2D eigenvalue weighted by atomic mass is 15.2. The Morgan fingerprint density at radius 1 is 1.04 bits per heavy atom. The lowest BCUT2D eigenvalue weighted by Gasteiger charge is -2.23. The van der Waals surface area contributed by atoms with E-state index >= 15 is 0 Å². The van der Waals surface area contributed by atoms with Gasteiger partial charge in [0.25, 0.3) is 0 Å². The molecule has 0 saturated heterocycles. The Hall–Kier alpha value is -2.10. The summed E-state index contributed by atoms with van der Waals surface area (Å²) in [7, 11) is 0. The first-order valence-electron chi connectivity index (χ1n) is 8.79. The number of nitrogens with one attached hydrogen (secondary N) is 1. The first-order valence-corrected chi connectivity index (χ1v) is 8.79. The highest BCUT2D eigenvalue weighted by Crippen LogP contribution is 2.24. The Morgan fingerprint density at radius 3 is 2.48 bits per heavy atom. The van der Waals surface area contributed by atoms with Crippen LogP contribution in [0.2, 0.25) is 0 Å². The normalized spacial score (nSPS) is 15.9. The third-order valence-corrected chi connectivity index (χ3v) is 4.49. The van der Waals surface area contributed by atoms with Crippen molar-refractivity contribution < 1.29 is 0 Å². The summed E-state index contributed by atoms with van der Waals surface area (Å²) in [6.45, 7) is 3.03. The van der Waals surface area contributed by atoms with E-state index in [9.17, 15) is 0 Å². The summed E-state index contributed by atoms with van der Waals surface area (Å²) in [5.74, 6) is 1.70. The Bertz CT molecular complexity index is 591. The maximum atomic E-state index is 4.75. The van der Waals surface area contributed by atoms with Crippen LogP contribution in [-0.4, -0.2) is 22.6 Å². The zero-order valence-corrected chi connectivity index (χ0v) is 13.9. The van der Waals surface area contributed by atoms with Crippen LogP contribution in [0.25, 0.3) is 0 Å². The average molecular weight is 310 g/mol. The summed E-state index contributed by atoms with van der Waals surface area (Å²) < 4.78 is 0. The van der Waals surface area contributed by atoms with Gasteiger partial charge < -0.3 is 10.2 Å². The maximum Gasteiger partial charge on any atom is 0.224 e. The van der Waals surface area contributed by atoms with Gasteiger partial charge in [0, 0.05) is 24.5 Å². The van der Waals surface area contributed by atoms with Crippen molar-refractivity contribution in [2.45, 2.75) is 51.5 Å². The van der Waals surface area contributed by atoms with Crippen molar-refractivity contribution >= 4 is 17.5 Å². The summed E-state index contributed by atoms with van der Waals surface area (Å²) in [5, 5.41) is 3.54. The summed E-state index contributed by atoms with van der Waals surface area (Å²) >= 11 is 0. The molecule has 1 aromatic heterocycles. The van der Waals surface area contributed by atoms with Crippen molar-refractivity contribution in [2.75, 3.05) is 16.8 Å². The van der Waals surface area contributed by atoms with Gasteiger partial charge in [-0.1, -0.05) is 43.9 Å². The molecule has 1 N–H and O–H groups in total. The van der Waals surface area contributed by atoms with Crippen molar-refractivity contribution in [3.63, 3.8) is 0 Å². The molecule has 0 unspecified atom stereocenters. The number of anilines is 3. The van der Waals surface area contributed by atoms with Gasteiger partial charge in [-0.2, -0.15) is 4.98 Å². The Kier molecular flexibility index (Phi) is 5.46. The molecule has 23 heavy (non-hydrogen) atoms. The van der Waals surface area contributed by atoms with E-state index in [1.165, 1.54) is 38.5 Å². The lowest BCUT2D eigenvalue weighted by atomic mass is 10.1. The van der Waals surface area contributed by atoms with Gasteiger partial charge in [-0.15, -0.1) is 0 Å². The van der Waals surface area contributed by atoms with Gasteiger partial charge in [-0.3, -0.25) is 0 Å². The second kappa shape index (κ2) is 7.95. The molecule has 3 rings (SSSR count). The van der Waals surface area contributed by atoms with Gasteiger partial charge in [0.1, 0.15) is 5.82 Å². The molecule has 4 nitrogen and oxygen atoms in total. The first kappa shape index (κ1) is 15.8. The van der Waals surface area contributed by atoms with E-state index in [0.717, 1.165) is 24.0 Å². The topological polar surface area (TPSA) is 41.1 Å². The second-order valence-corrected chi connectivity index (χ2v) is 6.15. The molecule has 1 aliphatic carbocycles. The third kappa shape index (κ3) is 4.21. The van der Waals surface area contributed by atoms with Gasteiger partial charge in [0.15, 0.2) is 0 Å². The van der Waals surface area contributed by atoms with E-state index in [-0.39, 0.29) is 0 Å². The molecule has 0 spiro atoms. The molecule has 1 saturated carbocycles. The second-order valence-electron chi connectivity index (χ2n) is 6.15. The van der Waals surface area contributed by atoms with E-state index in [4.69, 9.17) is 4.98 Å². The molecule has 1 aromatic carbocycles. The highest BCUT2D eigenvalue weighted by molar-refractivity contribution is 5.60. The number of hydrogen-bond acceptors (Lipinski definition) is 4. The number of para-hydroxylation sites is 1. The monoisotopic (exact) mass is 310 g/mol. The number of hydrogen-bond donors (Lipinski definition) is 1. The zero-order valence-electron chi connectivity index (χ0n) is 13.9. The number of aromatic nitrogens is 2. The molecule has 1 heterocycles. The van der Waals surface area contributed by atoms with Crippen LogP contribution in [0.15, 0.2) is 42.6 Å². The van der Waals surface area contributed by atoms with Crippen LogP contribution >= 0.6 is 0 Å². The minimum Gasteiger partial charge on any atom is -0.351 e. The SMILES string of the molecule is CCN(c1ccccc1)c1ccnc(NC2CCCCCC2)n1. The van der Waals surface area contributed by atoms with Gasteiger partial charge >= 0.3 is 0 Å². The first-order chi connectivity index (χ1) is 11.4. The van der Waals surface area contributed by atoms with Gasteiger partial charge in [-0.05, 0) is 38.0 Å². The van der Waals surface area contributed by atoms with Crippen molar-refractivity contribution in [1.82, 2.24) is 9.97 Å². The quantitative estimate of drug-likeness (QED) is 0.808. The summed E-state index contributed by atoms with van der Waals surface area (Å²) in [6.07, 6.45) is 9.64. The van der Waals surface area contributed by atoms with Crippen molar-refractivity contribution in [3.05, 3.63) is 42.6 Å². The number of rotatable bonds is 5. The van der Waals surface area contributed by atoms with Crippen LogP contribution in [0.3, 0.4) is 0 Å². The molecule has 4 heteroatoms. The molecule has 0 aliphatic heterocycles. The Balaban J connectivity index is 1.75. The predicted octanol–water partition coefficient (Wildman–Crippen LogP) is 4.77. The van der Waals surface area contributed by atoms with E-state index in [0.29, 0.717) is 6.04 Å². The average Bonchev–Trinajstić information content (AvgIpc) is 2.86. The lowest BCUT2D eigenvalue weighted by Crippen LogP contribution is -2.22. The fourth-order valence-electron chi connectivity index (χ4n) is 3.26. The minimum absolute atomic E-state index is 0.513. The third-order valence-electron chi connectivity index (χ3n) is 4.49. The van der Waals surface area contributed by atoms with Crippen LogP contribution < -0.4 is 10.2 Å². The number of benzene rings is 1. The van der Waals surface area contributed by atoms with E-state index < -0.39 is 0 Å². The maximum absolute atomic E-state index is 4.75. The Morgan fingerprint density at radius 2 is 1.78 bits per heavy atom. The molecule has 0 bridgehead atoms. The van der Waals surface area contributed by atoms with Gasteiger partial charge in [-0.25, -0.2) is 4.98 Å². The Labute approximate surface area is 139 Å². The molecule has 0 atom stereocenters. The molecule has 1 aliphatic rings. The molecular weight excluding hydrogens is 284 g/mol. The predicted molar refractivity (Wildman–Crippen MR) is 96.3 cm³/mol. The molecule has 1 fully saturated rings. The smallest absolute Gasteiger partial charge is 0.224 e. The van der Waals surface area contributed by atoms with E-state index in [1.54, 1.807) is 0 Å². The lowest BCUT2D eigenvalue weighted by molar-refractivity contribution is 0.615. The molecule has 0 amide bonds. The minimum atomic E-state index is 0.513. The molecule has 2 aromatic rings. The van der Waals surface area contributed by atoms with Crippen LogP contribution in [-0.2, 0) is 0 Å². The van der Waals surface area contributed by atoms with Gasteiger partial charge in [0.2, 0.25) is 5.95 Å². The van der Waals surface area contributed by atoms with E-state index in [1.807, 2.05) is 18.3 Å². The molecule has 122 valence electrons.